The molecular weight excluding hydrogens is 270 g/mol. The van der Waals surface area contributed by atoms with Crippen LogP contribution < -0.4 is 4.74 Å². The molecule has 0 amide bonds. The Hall–Kier alpha value is -2.01. The zero-order chi connectivity index (χ0) is 13.5. The second-order valence-electron chi connectivity index (χ2n) is 4.92. The zero-order valence-electron chi connectivity index (χ0n) is 11.0. The Morgan fingerprint density at radius 3 is 2.85 bits per heavy atom. The summed E-state index contributed by atoms with van der Waals surface area (Å²) in [5.74, 6) is 1.88. The SMILES string of the molecule is COc1nc(-c2cccc(C3CC3)n2)nc2sccc12. The van der Waals surface area contributed by atoms with E-state index < -0.39 is 0 Å². The van der Waals surface area contributed by atoms with Gasteiger partial charge in [-0.3, -0.25) is 0 Å². The monoisotopic (exact) mass is 283 g/mol. The molecule has 100 valence electrons. The number of hydrogen-bond donors (Lipinski definition) is 0. The van der Waals surface area contributed by atoms with Crippen molar-refractivity contribution in [1.29, 1.82) is 0 Å². The van der Waals surface area contributed by atoms with Crippen molar-refractivity contribution in [3.63, 3.8) is 0 Å². The smallest absolute Gasteiger partial charge is 0.225 e. The molecule has 0 saturated heterocycles. The van der Waals surface area contributed by atoms with E-state index in [9.17, 15) is 0 Å². The Kier molecular flexibility index (Phi) is 2.67. The van der Waals surface area contributed by atoms with Crippen molar-refractivity contribution in [3.05, 3.63) is 35.3 Å². The van der Waals surface area contributed by atoms with Crippen LogP contribution >= 0.6 is 11.3 Å². The maximum Gasteiger partial charge on any atom is 0.225 e. The number of thiophene rings is 1. The van der Waals surface area contributed by atoms with Crippen LogP contribution in [0.4, 0.5) is 0 Å². The van der Waals surface area contributed by atoms with Crippen LogP contribution in [0.1, 0.15) is 24.5 Å². The van der Waals surface area contributed by atoms with Crippen molar-refractivity contribution in [2.24, 2.45) is 0 Å². The summed E-state index contributed by atoms with van der Waals surface area (Å²) in [4.78, 5) is 14.7. The number of fused-ring (bicyclic) bond motifs is 1. The molecule has 5 heteroatoms. The fraction of sp³-hybridized carbons (Fsp3) is 0.267. The summed E-state index contributed by atoms with van der Waals surface area (Å²) in [6, 6.07) is 8.06. The van der Waals surface area contributed by atoms with E-state index in [1.807, 2.05) is 23.6 Å². The Labute approximate surface area is 120 Å². The highest BCUT2D eigenvalue weighted by Crippen LogP contribution is 2.39. The van der Waals surface area contributed by atoms with Gasteiger partial charge in [-0.2, -0.15) is 4.98 Å². The summed E-state index contributed by atoms with van der Waals surface area (Å²) in [5, 5.41) is 2.96. The molecule has 0 aliphatic heterocycles. The lowest BCUT2D eigenvalue weighted by atomic mass is 10.2. The Morgan fingerprint density at radius 2 is 2.05 bits per heavy atom. The Balaban J connectivity index is 1.86. The fourth-order valence-corrected chi connectivity index (χ4v) is 3.04. The lowest BCUT2D eigenvalue weighted by molar-refractivity contribution is 0.403. The fourth-order valence-electron chi connectivity index (χ4n) is 2.28. The first-order valence-electron chi connectivity index (χ1n) is 6.62. The molecule has 3 aromatic heterocycles. The number of methoxy groups -OCH3 is 1. The molecule has 0 radical (unpaired) electrons. The van der Waals surface area contributed by atoms with E-state index in [2.05, 4.69) is 16.0 Å². The van der Waals surface area contributed by atoms with Gasteiger partial charge in [0.05, 0.1) is 12.5 Å². The van der Waals surface area contributed by atoms with Crippen LogP contribution in [0.3, 0.4) is 0 Å². The van der Waals surface area contributed by atoms with Gasteiger partial charge in [0.15, 0.2) is 5.82 Å². The van der Waals surface area contributed by atoms with Crippen molar-refractivity contribution >= 4 is 21.6 Å². The molecule has 0 spiro atoms. The van der Waals surface area contributed by atoms with Crippen LogP contribution in [0.2, 0.25) is 0 Å². The van der Waals surface area contributed by atoms with E-state index in [0.717, 1.165) is 21.6 Å². The summed E-state index contributed by atoms with van der Waals surface area (Å²) in [6.07, 6.45) is 2.48. The molecule has 1 fully saturated rings. The highest BCUT2D eigenvalue weighted by molar-refractivity contribution is 7.16. The molecule has 0 aromatic carbocycles. The molecule has 1 saturated carbocycles. The number of pyridine rings is 1. The number of ether oxygens (including phenoxy) is 1. The van der Waals surface area contributed by atoms with Crippen molar-refractivity contribution in [1.82, 2.24) is 15.0 Å². The van der Waals surface area contributed by atoms with Gasteiger partial charge < -0.3 is 4.74 Å². The molecule has 3 aromatic rings. The third-order valence-electron chi connectivity index (χ3n) is 3.48. The van der Waals surface area contributed by atoms with E-state index in [0.29, 0.717) is 17.6 Å². The number of rotatable bonds is 3. The first-order valence-corrected chi connectivity index (χ1v) is 7.49. The van der Waals surface area contributed by atoms with Crippen molar-refractivity contribution in [3.8, 4) is 17.4 Å². The molecule has 4 nitrogen and oxygen atoms in total. The zero-order valence-corrected chi connectivity index (χ0v) is 11.9. The van der Waals surface area contributed by atoms with Crippen LogP contribution in [0.25, 0.3) is 21.7 Å². The second-order valence-corrected chi connectivity index (χ2v) is 5.81. The first kappa shape index (κ1) is 11.8. The summed E-state index contributed by atoms with van der Waals surface area (Å²) in [5.41, 5.74) is 1.97. The van der Waals surface area contributed by atoms with Gasteiger partial charge in [0.1, 0.15) is 10.5 Å². The third-order valence-corrected chi connectivity index (χ3v) is 4.29. The quantitative estimate of drug-likeness (QED) is 0.736. The lowest BCUT2D eigenvalue weighted by Gasteiger charge is -2.05. The van der Waals surface area contributed by atoms with E-state index in [4.69, 9.17) is 9.72 Å². The summed E-state index contributed by atoms with van der Waals surface area (Å²) < 4.78 is 5.37. The first-order chi connectivity index (χ1) is 9.85. The molecule has 0 unspecified atom stereocenters. The predicted octanol–water partition coefficient (Wildman–Crippen LogP) is 3.64. The summed E-state index contributed by atoms with van der Waals surface area (Å²) >= 11 is 1.59. The standard InChI is InChI=1S/C15H13N3OS/c1-19-14-10-7-8-20-15(10)18-13(17-14)12-4-2-3-11(16-12)9-5-6-9/h2-4,7-9H,5-6H2,1H3. The van der Waals surface area contributed by atoms with Crippen LogP contribution in [-0.4, -0.2) is 22.1 Å². The largest absolute Gasteiger partial charge is 0.480 e. The van der Waals surface area contributed by atoms with Gasteiger partial charge in [-0.15, -0.1) is 11.3 Å². The van der Waals surface area contributed by atoms with Gasteiger partial charge in [-0.25, -0.2) is 9.97 Å². The average molecular weight is 283 g/mol. The highest BCUT2D eigenvalue weighted by atomic mass is 32.1. The average Bonchev–Trinajstić information content (AvgIpc) is 3.24. The van der Waals surface area contributed by atoms with Crippen molar-refractivity contribution < 1.29 is 4.74 Å². The van der Waals surface area contributed by atoms with Gasteiger partial charge in [-0.05, 0) is 36.4 Å². The molecule has 0 N–H and O–H groups in total. The lowest BCUT2D eigenvalue weighted by Crippen LogP contribution is -1.97. The second kappa shape index (κ2) is 4.52. The minimum Gasteiger partial charge on any atom is -0.480 e. The molecule has 4 rings (SSSR count). The topological polar surface area (TPSA) is 47.9 Å². The number of hydrogen-bond acceptors (Lipinski definition) is 5. The van der Waals surface area contributed by atoms with Crippen LogP contribution in [0, 0.1) is 0 Å². The normalized spacial score (nSPS) is 14.7. The molecule has 1 aliphatic carbocycles. The van der Waals surface area contributed by atoms with Crippen molar-refractivity contribution in [2.75, 3.05) is 7.11 Å². The minimum absolute atomic E-state index is 0.616. The predicted molar refractivity (Wildman–Crippen MR) is 79.2 cm³/mol. The molecule has 1 aliphatic rings. The van der Waals surface area contributed by atoms with Crippen LogP contribution in [0.5, 0.6) is 5.88 Å². The van der Waals surface area contributed by atoms with Gasteiger partial charge in [0, 0.05) is 11.6 Å². The van der Waals surface area contributed by atoms with Gasteiger partial charge >= 0.3 is 0 Å². The third kappa shape index (κ3) is 1.94. The van der Waals surface area contributed by atoms with Crippen LogP contribution in [-0.2, 0) is 0 Å². The van der Waals surface area contributed by atoms with E-state index in [1.54, 1.807) is 18.4 Å². The maximum absolute atomic E-state index is 5.37. The summed E-state index contributed by atoms with van der Waals surface area (Å²) in [7, 11) is 1.64. The Morgan fingerprint density at radius 1 is 1.15 bits per heavy atom. The van der Waals surface area contributed by atoms with Crippen molar-refractivity contribution in [2.45, 2.75) is 18.8 Å². The molecule has 0 atom stereocenters. The van der Waals surface area contributed by atoms with Crippen LogP contribution in [0.15, 0.2) is 29.6 Å². The maximum atomic E-state index is 5.37. The van der Waals surface area contributed by atoms with Gasteiger partial charge in [0.25, 0.3) is 0 Å². The van der Waals surface area contributed by atoms with E-state index >= 15 is 0 Å². The minimum atomic E-state index is 0.616. The van der Waals surface area contributed by atoms with Gasteiger partial charge in [-0.1, -0.05) is 6.07 Å². The Bertz CT molecular complexity index is 780. The highest BCUT2D eigenvalue weighted by Gasteiger charge is 2.25. The molecule has 3 heterocycles. The molecule has 0 bridgehead atoms. The van der Waals surface area contributed by atoms with E-state index in [-0.39, 0.29) is 0 Å². The molecular formula is C15H13N3OS. The molecule has 20 heavy (non-hydrogen) atoms. The summed E-state index contributed by atoms with van der Waals surface area (Å²) in [6.45, 7) is 0. The van der Waals surface area contributed by atoms with E-state index in [1.165, 1.54) is 12.8 Å². The number of nitrogens with zero attached hydrogens (tertiary/aromatic N) is 3. The van der Waals surface area contributed by atoms with Gasteiger partial charge in [0.2, 0.25) is 5.88 Å². The number of aromatic nitrogens is 3.